The number of nitrogens with one attached hydrogen (secondary N) is 1. The Morgan fingerprint density at radius 1 is 0.973 bits per heavy atom. The van der Waals surface area contributed by atoms with Crippen LogP contribution in [0.25, 0.3) is 0 Å². The van der Waals surface area contributed by atoms with E-state index in [0.717, 1.165) is 48.1 Å². The van der Waals surface area contributed by atoms with Crippen LogP contribution in [-0.4, -0.2) is 44.6 Å². The maximum absolute atomic E-state index is 13.6. The fourth-order valence-corrected chi connectivity index (χ4v) is 5.88. The van der Waals surface area contributed by atoms with Crippen molar-refractivity contribution in [2.45, 2.75) is 38.1 Å². The van der Waals surface area contributed by atoms with Crippen molar-refractivity contribution >= 4 is 38.9 Å². The summed E-state index contributed by atoms with van der Waals surface area (Å²) < 4.78 is 28.3. The first-order valence-electron chi connectivity index (χ1n) is 12.2. The predicted molar refractivity (Wildman–Crippen MR) is 148 cm³/mol. The highest BCUT2D eigenvalue weighted by molar-refractivity contribution is 7.92. The molecule has 37 heavy (non-hydrogen) atoms. The largest absolute Gasteiger partial charge is 0.298 e. The summed E-state index contributed by atoms with van der Waals surface area (Å²) in [5.74, 6) is -0.519. The SMILES string of the molecule is Cc1ccc(S(=O)(=O)N(CC(=O)NN=C2CCN(Cc3ccccc3)CC2)c2cccc(Cl)c2C)cc1. The van der Waals surface area contributed by atoms with Gasteiger partial charge >= 0.3 is 0 Å². The number of halogens is 1. The predicted octanol–water partition coefficient (Wildman–Crippen LogP) is 4.92. The minimum absolute atomic E-state index is 0.0994. The van der Waals surface area contributed by atoms with Crippen molar-refractivity contribution < 1.29 is 13.2 Å². The van der Waals surface area contributed by atoms with Crippen molar-refractivity contribution in [3.63, 3.8) is 0 Å². The number of carbonyl (C=O) groups is 1. The van der Waals surface area contributed by atoms with E-state index < -0.39 is 22.5 Å². The van der Waals surface area contributed by atoms with Crippen LogP contribution in [0.15, 0.2) is 82.8 Å². The number of sulfonamides is 1. The molecule has 1 aliphatic rings. The van der Waals surface area contributed by atoms with Crippen LogP contribution in [-0.2, 0) is 21.4 Å². The Kier molecular flexibility index (Phi) is 8.63. The van der Waals surface area contributed by atoms with Crippen LogP contribution in [0.4, 0.5) is 5.69 Å². The zero-order valence-electron chi connectivity index (χ0n) is 21.0. The summed E-state index contributed by atoms with van der Waals surface area (Å²) >= 11 is 6.29. The number of likely N-dealkylation sites (tertiary alicyclic amines) is 1. The Bertz CT molecular complexity index is 1370. The molecule has 1 fully saturated rings. The van der Waals surface area contributed by atoms with Gasteiger partial charge in [0.25, 0.3) is 15.9 Å². The first-order chi connectivity index (χ1) is 17.7. The third kappa shape index (κ3) is 6.77. The van der Waals surface area contributed by atoms with Gasteiger partial charge in [0.15, 0.2) is 0 Å². The van der Waals surface area contributed by atoms with Crippen LogP contribution in [0, 0.1) is 13.8 Å². The lowest BCUT2D eigenvalue weighted by molar-refractivity contribution is -0.119. The third-order valence-corrected chi connectivity index (χ3v) is 8.61. The molecule has 1 amide bonds. The lowest BCUT2D eigenvalue weighted by atomic mass is 10.1. The highest BCUT2D eigenvalue weighted by Gasteiger charge is 2.29. The molecule has 3 aromatic rings. The van der Waals surface area contributed by atoms with E-state index in [2.05, 4.69) is 27.6 Å². The zero-order chi connectivity index (χ0) is 26.4. The van der Waals surface area contributed by atoms with Gasteiger partial charge in [0, 0.05) is 43.2 Å². The van der Waals surface area contributed by atoms with Gasteiger partial charge in [-0.05, 0) is 49.2 Å². The van der Waals surface area contributed by atoms with Gasteiger partial charge in [-0.3, -0.25) is 14.0 Å². The minimum Gasteiger partial charge on any atom is -0.298 e. The standard InChI is InChI=1S/C28H31ClN4O3S/c1-21-11-13-25(14-12-21)37(35,36)33(27-10-6-9-26(29)22(27)2)20-28(34)31-30-24-15-17-32(18-16-24)19-23-7-4-3-5-8-23/h3-14H,15-20H2,1-2H3,(H,31,34). The van der Waals surface area contributed by atoms with E-state index in [1.165, 1.54) is 5.56 Å². The molecule has 0 aliphatic carbocycles. The molecule has 1 N–H and O–H groups in total. The van der Waals surface area contributed by atoms with Crippen molar-refractivity contribution in [2.24, 2.45) is 5.10 Å². The van der Waals surface area contributed by atoms with Gasteiger partial charge in [0.2, 0.25) is 0 Å². The van der Waals surface area contributed by atoms with E-state index in [4.69, 9.17) is 11.6 Å². The van der Waals surface area contributed by atoms with E-state index in [9.17, 15) is 13.2 Å². The number of hydrogen-bond donors (Lipinski definition) is 1. The van der Waals surface area contributed by atoms with Crippen molar-refractivity contribution in [3.8, 4) is 0 Å². The monoisotopic (exact) mass is 538 g/mol. The number of benzene rings is 3. The van der Waals surface area contributed by atoms with Gasteiger partial charge in [-0.15, -0.1) is 0 Å². The Hall–Kier alpha value is -3.20. The molecule has 1 saturated heterocycles. The third-order valence-electron chi connectivity index (χ3n) is 6.42. The number of anilines is 1. The summed E-state index contributed by atoms with van der Waals surface area (Å²) in [5.41, 5.74) is 6.60. The van der Waals surface area contributed by atoms with Gasteiger partial charge in [0.05, 0.1) is 10.6 Å². The number of amides is 1. The van der Waals surface area contributed by atoms with E-state index in [-0.39, 0.29) is 4.90 Å². The van der Waals surface area contributed by atoms with Gasteiger partial charge < -0.3 is 0 Å². The van der Waals surface area contributed by atoms with Gasteiger partial charge in [-0.2, -0.15) is 5.10 Å². The van der Waals surface area contributed by atoms with Crippen LogP contribution in [0.1, 0.15) is 29.5 Å². The van der Waals surface area contributed by atoms with Crippen LogP contribution in [0.3, 0.4) is 0 Å². The summed E-state index contributed by atoms with van der Waals surface area (Å²) in [5, 5.41) is 4.74. The summed E-state index contributed by atoms with van der Waals surface area (Å²) in [6.45, 7) is 5.77. The normalized spacial score (nSPS) is 14.3. The van der Waals surface area contributed by atoms with Gasteiger partial charge in [-0.1, -0.05) is 65.7 Å². The van der Waals surface area contributed by atoms with E-state index >= 15 is 0 Å². The first kappa shape index (κ1) is 26.9. The Morgan fingerprint density at radius 2 is 1.65 bits per heavy atom. The number of hydrazone groups is 1. The molecule has 0 unspecified atom stereocenters. The molecule has 0 bridgehead atoms. The van der Waals surface area contributed by atoms with Crippen LogP contribution in [0.5, 0.6) is 0 Å². The Morgan fingerprint density at radius 3 is 2.32 bits per heavy atom. The number of rotatable bonds is 8. The lowest BCUT2D eigenvalue weighted by Gasteiger charge is -2.28. The highest BCUT2D eigenvalue weighted by atomic mass is 35.5. The molecule has 1 heterocycles. The second kappa shape index (κ2) is 11.9. The molecule has 1 aliphatic heterocycles. The number of piperidine rings is 1. The molecule has 194 valence electrons. The lowest BCUT2D eigenvalue weighted by Crippen LogP contribution is -2.40. The maximum Gasteiger partial charge on any atom is 0.264 e. The molecular weight excluding hydrogens is 508 g/mol. The molecule has 0 radical (unpaired) electrons. The summed E-state index contributed by atoms with van der Waals surface area (Å²) in [6.07, 6.45) is 1.48. The fourth-order valence-electron chi connectivity index (χ4n) is 4.23. The fraction of sp³-hybridized carbons (Fsp3) is 0.286. The average molecular weight is 539 g/mol. The van der Waals surface area contributed by atoms with Crippen LogP contribution >= 0.6 is 11.6 Å². The van der Waals surface area contributed by atoms with Gasteiger partial charge in [0.1, 0.15) is 6.54 Å². The first-order valence-corrected chi connectivity index (χ1v) is 14.0. The molecule has 0 spiro atoms. The quantitative estimate of drug-likeness (QED) is 0.413. The van der Waals surface area contributed by atoms with E-state index in [1.807, 2.05) is 25.1 Å². The second-order valence-electron chi connectivity index (χ2n) is 9.18. The maximum atomic E-state index is 13.6. The number of hydrogen-bond acceptors (Lipinski definition) is 5. The second-order valence-corrected chi connectivity index (χ2v) is 11.5. The number of nitrogens with zero attached hydrogens (tertiary/aromatic N) is 3. The van der Waals surface area contributed by atoms with Crippen molar-refractivity contribution in [2.75, 3.05) is 23.9 Å². The molecular formula is C28H31ClN4O3S. The van der Waals surface area contributed by atoms with Crippen LogP contribution < -0.4 is 9.73 Å². The van der Waals surface area contributed by atoms with Crippen molar-refractivity contribution in [1.29, 1.82) is 0 Å². The molecule has 9 heteroatoms. The molecule has 0 saturated carbocycles. The van der Waals surface area contributed by atoms with Gasteiger partial charge in [-0.25, -0.2) is 13.8 Å². The topological polar surface area (TPSA) is 82.1 Å². The number of carbonyl (C=O) groups excluding carboxylic acids is 1. The zero-order valence-corrected chi connectivity index (χ0v) is 22.6. The minimum atomic E-state index is -4.03. The molecule has 4 rings (SSSR count). The average Bonchev–Trinajstić information content (AvgIpc) is 2.89. The molecule has 7 nitrogen and oxygen atoms in total. The number of aryl methyl sites for hydroxylation is 1. The van der Waals surface area contributed by atoms with E-state index in [0.29, 0.717) is 16.3 Å². The Labute approximate surface area is 223 Å². The smallest absolute Gasteiger partial charge is 0.264 e. The van der Waals surface area contributed by atoms with Crippen LogP contribution in [0.2, 0.25) is 5.02 Å². The molecule has 0 atom stereocenters. The summed E-state index contributed by atoms with van der Waals surface area (Å²) in [4.78, 5) is 15.4. The van der Waals surface area contributed by atoms with E-state index in [1.54, 1.807) is 49.4 Å². The summed E-state index contributed by atoms with van der Waals surface area (Å²) in [7, 11) is -4.03. The Balaban J connectivity index is 1.45. The highest BCUT2D eigenvalue weighted by Crippen LogP contribution is 2.30. The molecule has 3 aromatic carbocycles. The van der Waals surface area contributed by atoms with Crippen molar-refractivity contribution in [3.05, 3.63) is 94.5 Å². The van der Waals surface area contributed by atoms with Crippen molar-refractivity contribution in [1.82, 2.24) is 10.3 Å². The molecule has 0 aromatic heterocycles. The summed E-state index contributed by atoms with van der Waals surface area (Å²) in [6, 6.07) is 21.9.